The van der Waals surface area contributed by atoms with Gasteiger partial charge < -0.3 is 19.1 Å². The molecule has 2 aromatic carbocycles. The highest BCUT2D eigenvalue weighted by atomic mass is 79.9. The van der Waals surface area contributed by atoms with Gasteiger partial charge in [-0.2, -0.15) is 9.78 Å². The molecule has 4 rings (SSSR count). The van der Waals surface area contributed by atoms with Crippen molar-refractivity contribution in [3.63, 3.8) is 0 Å². The van der Waals surface area contributed by atoms with Crippen molar-refractivity contribution in [1.29, 1.82) is 0 Å². The molecule has 1 aliphatic heterocycles. The molecule has 0 atom stereocenters. The minimum Gasteiger partial charge on any atom is -0.493 e. The van der Waals surface area contributed by atoms with E-state index in [1.807, 2.05) is 0 Å². The van der Waals surface area contributed by atoms with Crippen molar-refractivity contribution in [1.82, 2.24) is 14.6 Å². The van der Waals surface area contributed by atoms with Gasteiger partial charge in [-0.05, 0) is 31.2 Å². The average molecular weight is 560 g/mol. The number of nitrogens with zero attached hydrogens (tertiary/aromatic N) is 5. The highest BCUT2D eigenvalue weighted by molar-refractivity contribution is 9.10. The Kier molecular flexibility index (Phi) is 7.60. The van der Waals surface area contributed by atoms with Gasteiger partial charge in [-0.3, -0.25) is 19.7 Å². The van der Waals surface area contributed by atoms with Gasteiger partial charge in [-0.25, -0.2) is 4.98 Å². The Labute approximate surface area is 213 Å². The Hall–Kier alpha value is -3.84. The van der Waals surface area contributed by atoms with Crippen molar-refractivity contribution >= 4 is 44.6 Å². The van der Waals surface area contributed by atoms with Crippen LogP contribution in [0.4, 0.5) is 5.69 Å². The summed E-state index contributed by atoms with van der Waals surface area (Å²) in [4.78, 5) is 42.5. The van der Waals surface area contributed by atoms with Crippen LogP contribution in [-0.4, -0.2) is 71.6 Å². The number of methoxy groups -OCH3 is 1. The van der Waals surface area contributed by atoms with E-state index in [-0.39, 0.29) is 23.0 Å². The largest absolute Gasteiger partial charge is 0.493 e. The lowest BCUT2D eigenvalue weighted by atomic mass is 10.2. The fraction of sp³-hybridized carbons (Fsp3) is 0.304. The normalized spacial score (nSPS) is 13.8. The number of fused-ring (bicyclic) bond motifs is 1. The molecule has 1 aliphatic rings. The van der Waals surface area contributed by atoms with Gasteiger partial charge in [0.25, 0.3) is 11.5 Å². The highest BCUT2D eigenvalue weighted by Gasteiger charge is 2.25. The molecule has 1 amide bonds. The number of carbonyl (C=O) groups is 1. The Morgan fingerprint density at radius 2 is 2.06 bits per heavy atom. The molecule has 1 saturated heterocycles. The highest BCUT2D eigenvalue weighted by Crippen LogP contribution is 2.38. The summed E-state index contributed by atoms with van der Waals surface area (Å²) in [5.41, 5.74) is 0.0111. The lowest BCUT2D eigenvalue weighted by molar-refractivity contribution is -0.385. The molecule has 2 heterocycles. The second-order valence-electron chi connectivity index (χ2n) is 7.79. The van der Waals surface area contributed by atoms with Crippen LogP contribution in [0.5, 0.6) is 11.5 Å². The van der Waals surface area contributed by atoms with Crippen LogP contribution in [0.15, 0.2) is 44.7 Å². The smallest absolute Gasteiger partial charge is 0.315 e. The average Bonchev–Trinajstić information content (AvgIpc) is 2.87. The SMILES string of the molecule is COc1cc(C=Nn2c(C)nc3ccc(Br)cc3c2=O)cc([N+](=O)[O-])c1OCC(=O)N1CCOCC1. The Morgan fingerprint density at radius 1 is 1.31 bits per heavy atom. The van der Waals surface area contributed by atoms with Crippen LogP contribution < -0.4 is 15.0 Å². The summed E-state index contributed by atoms with van der Waals surface area (Å²) in [7, 11) is 1.33. The molecular weight excluding hydrogens is 538 g/mol. The van der Waals surface area contributed by atoms with Gasteiger partial charge in [0, 0.05) is 29.2 Å². The van der Waals surface area contributed by atoms with Crippen molar-refractivity contribution in [2.45, 2.75) is 6.92 Å². The number of benzene rings is 2. The van der Waals surface area contributed by atoms with Crippen LogP contribution in [0.2, 0.25) is 0 Å². The van der Waals surface area contributed by atoms with Crippen molar-refractivity contribution in [2.24, 2.45) is 5.10 Å². The van der Waals surface area contributed by atoms with Gasteiger partial charge in [-0.1, -0.05) is 15.9 Å². The summed E-state index contributed by atoms with van der Waals surface area (Å²) < 4.78 is 17.9. The fourth-order valence-electron chi connectivity index (χ4n) is 3.67. The van der Waals surface area contributed by atoms with Gasteiger partial charge in [0.05, 0.1) is 42.4 Å². The van der Waals surface area contributed by atoms with E-state index in [1.54, 1.807) is 30.0 Å². The maximum absolute atomic E-state index is 12.9. The number of ether oxygens (including phenoxy) is 3. The molecule has 13 heteroatoms. The first-order valence-corrected chi connectivity index (χ1v) is 11.7. The van der Waals surface area contributed by atoms with Gasteiger partial charge in [0.2, 0.25) is 5.75 Å². The number of aromatic nitrogens is 2. The van der Waals surface area contributed by atoms with E-state index in [9.17, 15) is 19.7 Å². The van der Waals surface area contributed by atoms with Gasteiger partial charge in [-0.15, -0.1) is 0 Å². The van der Waals surface area contributed by atoms with E-state index < -0.39 is 22.8 Å². The van der Waals surface area contributed by atoms with Crippen LogP contribution in [0.3, 0.4) is 0 Å². The van der Waals surface area contributed by atoms with Crippen molar-refractivity contribution < 1.29 is 23.9 Å². The molecule has 1 fully saturated rings. The summed E-state index contributed by atoms with van der Waals surface area (Å²) in [5.74, 6) is -0.100. The third-order valence-corrected chi connectivity index (χ3v) is 5.96. The maximum atomic E-state index is 12.9. The molecule has 0 N–H and O–H groups in total. The van der Waals surface area contributed by atoms with Gasteiger partial charge >= 0.3 is 5.69 Å². The molecule has 0 aliphatic carbocycles. The Balaban J connectivity index is 1.64. The topological polar surface area (TPSA) is 138 Å². The second-order valence-corrected chi connectivity index (χ2v) is 8.71. The Bertz CT molecular complexity index is 1420. The molecule has 0 spiro atoms. The van der Waals surface area contributed by atoms with Crippen LogP contribution in [0.25, 0.3) is 10.9 Å². The molecule has 0 saturated carbocycles. The van der Waals surface area contributed by atoms with Crippen LogP contribution >= 0.6 is 15.9 Å². The molecule has 3 aromatic rings. The zero-order chi connectivity index (χ0) is 25.8. The molecule has 12 nitrogen and oxygen atoms in total. The molecule has 0 bridgehead atoms. The molecule has 36 heavy (non-hydrogen) atoms. The minimum atomic E-state index is -0.638. The van der Waals surface area contributed by atoms with Crippen molar-refractivity contribution in [2.75, 3.05) is 40.0 Å². The molecule has 0 unspecified atom stereocenters. The Morgan fingerprint density at radius 3 is 2.75 bits per heavy atom. The van der Waals surface area contributed by atoms with E-state index >= 15 is 0 Å². The lowest BCUT2D eigenvalue weighted by Crippen LogP contribution is -2.43. The number of nitro groups is 1. The van der Waals surface area contributed by atoms with Crippen LogP contribution in [0, 0.1) is 17.0 Å². The zero-order valence-electron chi connectivity index (χ0n) is 19.5. The van der Waals surface area contributed by atoms with E-state index in [0.717, 1.165) is 9.15 Å². The summed E-state index contributed by atoms with van der Waals surface area (Å²) in [6.07, 6.45) is 1.29. The quantitative estimate of drug-likeness (QED) is 0.244. The summed E-state index contributed by atoms with van der Waals surface area (Å²) in [5, 5.41) is 16.4. The third kappa shape index (κ3) is 5.36. The lowest BCUT2D eigenvalue weighted by Gasteiger charge is -2.26. The first-order chi connectivity index (χ1) is 17.3. The number of nitro benzene ring substituents is 1. The van der Waals surface area contributed by atoms with Gasteiger partial charge in [0.15, 0.2) is 12.4 Å². The maximum Gasteiger partial charge on any atom is 0.315 e. The monoisotopic (exact) mass is 559 g/mol. The second kappa shape index (κ2) is 10.8. The predicted molar refractivity (Wildman–Crippen MR) is 134 cm³/mol. The minimum absolute atomic E-state index is 0.0464. The first kappa shape index (κ1) is 25.3. The van der Waals surface area contributed by atoms with E-state index in [1.165, 1.54) is 25.5 Å². The fourth-order valence-corrected chi connectivity index (χ4v) is 4.03. The number of halogens is 1. The molecule has 1 aromatic heterocycles. The van der Waals surface area contributed by atoms with E-state index in [2.05, 4.69) is 26.0 Å². The third-order valence-electron chi connectivity index (χ3n) is 5.47. The van der Waals surface area contributed by atoms with Crippen LogP contribution in [0.1, 0.15) is 11.4 Å². The number of carbonyl (C=O) groups excluding carboxylic acids is 1. The molecule has 188 valence electrons. The van der Waals surface area contributed by atoms with Crippen molar-refractivity contribution in [3.8, 4) is 11.5 Å². The standard InChI is InChI=1S/C23H22BrN5O7/c1-14-26-18-4-3-16(24)11-17(18)23(31)28(14)25-12-15-9-19(29(32)33)22(20(10-15)34-2)36-13-21(30)27-5-7-35-8-6-27/h3-4,9-12H,5-8,13H2,1-2H3. The number of hydrogen-bond donors (Lipinski definition) is 0. The molecule has 0 radical (unpaired) electrons. The van der Waals surface area contributed by atoms with E-state index in [0.29, 0.717) is 43.0 Å². The summed E-state index contributed by atoms with van der Waals surface area (Å²) in [6, 6.07) is 7.85. The van der Waals surface area contributed by atoms with E-state index in [4.69, 9.17) is 14.2 Å². The van der Waals surface area contributed by atoms with Crippen molar-refractivity contribution in [3.05, 3.63) is 66.7 Å². The first-order valence-electron chi connectivity index (χ1n) is 10.9. The predicted octanol–water partition coefficient (Wildman–Crippen LogP) is 2.50. The summed E-state index contributed by atoms with van der Waals surface area (Å²) >= 11 is 3.34. The van der Waals surface area contributed by atoms with Crippen LogP contribution in [-0.2, 0) is 9.53 Å². The number of amides is 1. The van der Waals surface area contributed by atoms with Gasteiger partial charge in [0.1, 0.15) is 5.82 Å². The number of aryl methyl sites for hydroxylation is 1. The number of hydrogen-bond acceptors (Lipinski definition) is 9. The molecular formula is C23H22BrN5O7. The summed E-state index contributed by atoms with van der Waals surface area (Å²) in [6.45, 7) is 2.95. The zero-order valence-corrected chi connectivity index (χ0v) is 21.1. The number of rotatable bonds is 7. The number of morpholine rings is 1.